The van der Waals surface area contributed by atoms with Gasteiger partial charge >= 0.3 is 0 Å². The predicted octanol–water partition coefficient (Wildman–Crippen LogP) is 4.77. The number of nitrogens with zero attached hydrogens (tertiary/aromatic N) is 3. The van der Waals surface area contributed by atoms with E-state index in [4.69, 9.17) is 4.52 Å². The molecule has 0 aliphatic heterocycles. The van der Waals surface area contributed by atoms with Crippen LogP contribution >= 0.6 is 0 Å². The van der Waals surface area contributed by atoms with Gasteiger partial charge in [-0.05, 0) is 36.6 Å². The number of rotatable bonds is 8. The van der Waals surface area contributed by atoms with E-state index >= 15 is 0 Å². The summed E-state index contributed by atoms with van der Waals surface area (Å²) in [6, 6.07) is 8.15. The Morgan fingerprint density at radius 2 is 2.04 bits per heavy atom. The minimum atomic E-state index is -0.000406. The highest BCUT2D eigenvalue weighted by molar-refractivity contribution is 5.93. The van der Waals surface area contributed by atoms with Crippen molar-refractivity contribution in [1.29, 1.82) is 0 Å². The van der Waals surface area contributed by atoms with E-state index in [2.05, 4.69) is 52.2 Å². The third-order valence-electron chi connectivity index (χ3n) is 4.41. The number of hydrogen-bond donors (Lipinski definition) is 1. The fourth-order valence-electron chi connectivity index (χ4n) is 3.06. The Hall–Kier alpha value is -2.63. The first-order valence-electron chi connectivity index (χ1n) is 9.63. The molecule has 0 spiro atoms. The monoisotopic (exact) mass is 368 g/mol. The number of carbonyl (C=O) groups excluding carboxylic acids is 1. The molecule has 27 heavy (non-hydrogen) atoms. The summed E-state index contributed by atoms with van der Waals surface area (Å²) in [7, 11) is 0. The first-order valence-corrected chi connectivity index (χ1v) is 9.63. The molecule has 0 bridgehead atoms. The summed E-state index contributed by atoms with van der Waals surface area (Å²) in [6.07, 6.45) is 3.82. The fourth-order valence-corrected chi connectivity index (χ4v) is 3.06. The van der Waals surface area contributed by atoms with Crippen molar-refractivity contribution in [3.63, 3.8) is 0 Å². The van der Waals surface area contributed by atoms with Crippen LogP contribution in [0.2, 0.25) is 0 Å². The Morgan fingerprint density at radius 3 is 2.74 bits per heavy atom. The van der Waals surface area contributed by atoms with Gasteiger partial charge in [0.2, 0.25) is 11.8 Å². The van der Waals surface area contributed by atoms with E-state index in [0.29, 0.717) is 36.9 Å². The summed E-state index contributed by atoms with van der Waals surface area (Å²) in [6.45, 7) is 9.45. The van der Waals surface area contributed by atoms with Gasteiger partial charge in [-0.15, -0.1) is 0 Å². The molecule has 1 aromatic carbocycles. The Balaban J connectivity index is 1.52. The van der Waals surface area contributed by atoms with E-state index < -0.39 is 0 Å². The normalized spacial score (nSPS) is 11.6. The number of hydrogen-bond acceptors (Lipinski definition) is 4. The minimum Gasteiger partial charge on any atom is -0.347 e. The van der Waals surface area contributed by atoms with Crippen LogP contribution in [0.25, 0.3) is 10.9 Å². The van der Waals surface area contributed by atoms with E-state index in [1.807, 2.05) is 26.0 Å². The highest BCUT2D eigenvalue weighted by Gasteiger charge is 2.11. The van der Waals surface area contributed by atoms with E-state index in [0.717, 1.165) is 17.6 Å². The molecule has 3 rings (SSSR count). The number of carbonyl (C=O) groups is 1. The number of fused-ring (bicyclic) bond motifs is 1. The fraction of sp³-hybridized carbons (Fsp3) is 0.476. The average Bonchev–Trinajstić information content (AvgIpc) is 3.22. The van der Waals surface area contributed by atoms with Gasteiger partial charge in [-0.1, -0.05) is 32.9 Å². The molecule has 2 heterocycles. The molecule has 0 aliphatic rings. The van der Waals surface area contributed by atoms with Gasteiger partial charge in [0, 0.05) is 48.1 Å². The van der Waals surface area contributed by atoms with Crippen molar-refractivity contribution in [3.8, 4) is 0 Å². The molecule has 6 nitrogen and oxygen atoms in total. The van der Waals surface area contributed by atoms with E-state index in [1.165, 1.54) is 5.52 Å². The lowest BCUT2D eigenvalue weighted by Crippen LogP contribution is -2.11. The van der Waals surface area contributed by atoms with Gasteiger partial charge in [0.15, 0.2) is 5.82 Å². The topological polar surface area (TPSA) is 73.0 Å². The molecule has 0 radical (unpaired) electrons. The maximum absolute atomic E-state index is 12.2. The molecule has 2 aromatic heterocycles. The molecular formula is C21H28N4O2. The lowest BCUT2D eigenvalue weighted by atomic mass is 10.2. The Morgan fingerprint density at radius 1 is 1.22 bits per heavy atom. The second-order valence-electron chi connectivity index (χ2n) is 7.74. The van der Waals surface area contributed by atoms with Gasteiger partial charge in [-0.25, -0.2) is 0 Å². The molecule has 1 N–H and O–H groups in total. The van der Waals surface area contributed by atoms with Gasteiger partial charge < -0.3 is 14.4 Å². The summed E-state index contributed by atoms with van der Waals surface area (Å²) in [5, 5.41) is 8.06. The van der Waals surface area contributed by atoms with Gasteiger partial charge in [0.25, 0.3) is 0 Å². The van der Waals surface area contributed by atoms with Crippen molar-refractivity contribution >= 4 is 22.5 Å². The molecule has 0 fully saturated rings. The molecule has 144 valence electrons. The maximum atomic E-state index is 12.2. The molecule has 0 saturated heterocycles. The lowest BCUT2D eigenvalue weighted by molar-refractivity contribution is -0.116. The predicted molar refractivity (Wildman–Crippen MR) is 107 cm³/mol. The molecule has 6 heteroatoms. The van der Waals surface area contributed by atoms with Crippen LogP contribution in [0.4, 0.5) is 5.69 Å². The van der Waals surface area contributed by atoms with E-state index in [9.17, 15) is 4.79 Å². The Kier molecular flexibility index (Phi) is 5.94. The van der Waals surface area contributed by atoms with Crippen molar-refractivity contribution in [2.24, 2.45) is 5.92 Å². The molecule has 0 atom stereocenters. The molecule has 0 unspecified atom stereocenters. The highest BCUT2D eigenvalue weighted by Crippen LogP contribution is 2.22. The second kappa shape index (κ2) is 8.37. The molecule has 1 amide bonds. The zero-order valence-corrected chi connectivity index (χ0v) is 16.5. The van der Waals surface area contributed by atoms with Gasteiger partial charge in [-0.2, -0.15) is 4.98 Å². The van der Waals surface area contributed by atoms with Gasteiger partial charge in [-0.3, -0.25) is 4.79 Å². The number of aryl methyl sites for hydroxylation is 1. The number of amides is 1. The van der Waals surface area contributed by atoms with Crippen LogP contribution in [-0.2, 0) is 17.8 Å². The van der Waals surface area contributed by atoms with Crippen LogP contribution in [0.15, 0.2) is 35.0 Å². The van der Waals surface area contributed by atoms with Crippen molar-refractivity contribution < 1.29 is 9.32 Å². The minimum absolute atomic E-state index is 0.000406. The summed E-state index contributed by atoms with van der Waals surface area (Å²) < 4.78 is 7.46. The zero-order chi connectivity index (χ0) is 19.4. The van der Waals surface area contributed by atoms with E-state index in [1.54, 1.807) is 0 Å². The summed E-state index contributed by atoms with van der Waals surface area (Å²) in [5.74, 6) is 2.15. The van der Waals surface area contributed by atoms with Crippen molar-refractivity contribution in [2.45, 2.75) is 59.4 Å². The Bertz CT molecular complexity index is 908. The second-order valence-corrected chi connectivity index (χ2v) is 7.74. The summed E-state index contributed by atoms with van der Waals surface area (Å²) in [5.41, 5.74) is 2.02. The SMILES string of the molecule is CC(C)Cn1ccc2cc(NC(=O)CCCc3nc(C(C)C)no3)ccc21. The molecule has 3 aromatic rings. The molecule has 0 saturated carbocycles. The number of benzene rings is 1. The summed E-state index contributed by atoms with van der Waals surface area (Å²) in [4.78, 5) is 16.6. The van der Waals surface area contributed by atoms with Crippen LogP contribution in [0, 0.1) is 5.92 Å². The zero-order valence-electron chi connectivity index (χ0n) is 16.5. The van der Waals surface area contributed by atoms with Crippen molar-refractivity contribution in [1.82, 2.24) is 14.7 Å². The van der Waals surface area contributed by atoms with Crippen molar-refractivity contribution in [2.75, 3.05) is 5.32 Å². The molecular weight excluding hydrogens is 340 g/mol. The standard InChI is InChI=1S/C21H28N4O2/c1-14(2)13-25-11-10-16-12-17(8-9-18(16)25)22-19(26)6-5-7-20-23-21(15(3)4)24-27-20/h8-12,14-15H,5-7,13H2,1-4H3,(H,22,26). The first-order chi connectivity index (χ1) is 12.9. The third-order valence-corrected chi connectivity index (χ3v) is 4.41. The van der Waals surface area contributed by atoms with Gasteiger partial charge in [0.1, 0.15) is 0 Å². The number of nitrogens with one attached hydrogen (secondary N) is 1. The van der Waals surface area contributed by atoms with Crippen LogP contribution in [-0.4, -0.2) is 20.6 Å². The van der Waals surface area contributed by atoms with Crippen LogP contribution in [0.1, 0.15) is 58.2 Å². The third kappa shape index (κ3) is 4.96. The quantitative estimate of drug-likeness (QED) is 0.622. The average molecular weight is 368 g/mol. The summed E-state index contributed by atoms with van der Waals surface area (Å²) >= 11 is 0. The van der Waals surface area contributed by atoms with Crippen molar-refractivity contribution in [3.05, 3.63) is 42.2 Å². The largest absolute Gasteiger partial charge is 0.347 e. The van der Waals surface area contributed by atoms with Gasteiger partial charge in [0.05, 0.1) is 0 Å². The van der Waals surface area contributed by atoms with Crippen LogP contribution in [0.3, 0.4) is 0 Å². The molecule has 0 aliphatic carbocycles. The highest BCUT2D eigenvalue weighted by atomic mass is 16.5. The smallest absolute Gasteiger partial charge is 0.226 e. The van der Waals surface area contributed by atoms with E-state index in [-0.39, 0.29) is 11.8 Å². The number of anilines is 1. The van der Waals surface area contributed by atoms with Crippen LogP contribution < -0.4 is 5.32 Å². The lowest BCUT2D eigenvalue weighted by Gasteiger charge is -2.09. The first kappa shape index (κ1) is 19.1. The maximum Gasteiger partial charge on any atom is 0.226 e. The van der Waals surface area contributed by atoms with Crippen LogP contribution in [0.5, 0.6) is 0 Å². The number of aromatic nitrogens is 3. The Labute approximate surface area is 160 Å².